The van der Waals surface area contributed by atoms with Crippen LogP contribution in [0.1, 0.15) is 147 Å². The van der Waals surface area contributed by atoms with Crippen molar-refractivity contribution in [1.29, 1.82) is 10.5 Å². The zero-order valence-corrected chi connectivity index (χ0v) is 35.6. The van der Waals surface area contributed by atoms with Crippen LogP contribution in [-0.4, -0.2) is 13.2 Å². The van der Waals surface area contributed by atoms with E-state index in [2.05, 4.69) is 135 Å². The summed E-state index contributed by atoms with van der Waals surface area (Å²) in [6.45, 7) is 5.85. The molecular formula is C56H60N2O2. The molecule has 0 fully saturated rings. The van der Waals surface area contributed by atoms with Crippen LogP contribution in [0.5, 0.6) is 11.5 Å². The van der Waals surface area contributed by atoms with E-state index in [0.717, 1.165) is 68.8 Å². The third kappa shape index (κ3) is 15.8. The third-order valence-electron chi connectivity index (χ3n) is 10.5. The molecule has 0 amide bonds. The topological polar surface area (TPSA) is 66.0 Å². The van der Waals surface area contributed by atoms with Crippen LogP contribution >= 0.6 is 0 Å². The Morgan fingerprint density at radius 2 is 0.633 bits per heavy atom. The van der Waals surface area contributed by atoms with Gasteiger partial charge in [0.15, 0.2) is 0 Å². The second-order valence-electron chi connectivity index (χ2n) is 15.3. The van der Waals surface area contributed by atoms with Crippen LogP contribution in [-0.2, 0) is 0 Å². The second kappa shape index (κ2) is 25.9. The molecule has 0 aliphatic heterocycles. The number of benzene rings is 5. The molecule has 4 nitrogen and oxygen atoms in total. The molecule has 5 aromatic rings. The van der Waals surface area contributed by atoms with Crippen LogP contribution < -0.4 is 9.47 Å². The SMILES string of the molecule is CCCCCCCCOc1cc(/C=C/c2ccc(/C=C/c3ccc(C#N)cc3)cc2)c(OCCCCCCCC)cc1/C=C/c1ccc(/C=C/c2ccc(C#N)cc2)cc1. The molecule has 0 N–H and O–H groups in total. The van der Waals surface area contributed by atoms with Gasteiger partial charge in [-0.05, 0) is 82.6 Å². The Morgan fingerprint density at radius 1 is 0.367 bits per heavy atom. The first-order valence-electron chi connectivity index (χ1n) is 21.9. The molecule has 306 valence electrons. The molecule has 60 heavy (non-hydrogen) atoms. The number of hydrogen-bond acceptors (Lipinski definition) is 4. The first-order valence-corrected chi connectivity index (χ1v) is 21.9. The highest BCUT2D eigenvalue weighted by atomic mass is 16.5. The van der Waals surface area contributed by atoms with Crippen molar-refractivity contribution >= 4 is 48.6 Å². The molecule has 4 heteroatoms. The number of nitrogens with zero attached hydrogens (tertiary/aromatic N) is 2. The lowest BCUT2D eigenvalue weighted by Gasteiger charge is -2.15. The van der Waals surface area contributed by atoms with Crippen LogP contribution in [0.2, 0.25) is 0 Å². The fourth-order valence-electron chi connectivity index (χ4n) is 6.76. The Morgan fingerprint density at radius 3 is 0.933 bits per heavy atom. The maximum atomic E-state index is 9.09. The first kappa shape index (κ1) is 44.7. The molecule has 0 saturated heterocycles. The molecule has 0 atom stereocenters. The number of nitriles is 2. The number of rotatable bonds is 24. The first-order chi connectivity index (χ1) is 29.6. The molecular weight excluding hydrogens is 733 g/mol. The molecule has 5 rings (SSSR count). The van der Waals surface area contributed by atoms with Crippen molar-refractivity contribution in [2.24, 2.45) is 0 Å². The van der Waals surface area contributed by atoms with Gasteiger partial charge in [-0.3, -0.25) is 0 Å². The standard InChI is InChI=1S/C56H60N2O2/c1-3-5-7-9-11-13-39-59-55-41-54(38-36-50-25-21-46(22-26-50)16-18-48-29-33-52(44-58)34-30-48)56(60-40-14-12-10-8-6-4-2)42-53(55)37-35-49-23-19-45(20-24-49)15-17-47-27-31-51(43-57)32-28-47/h15-38,41-42H,3-14,39-40H2,1-2H3/b17-15+,18-16+,37-35+,38-36+. The summed E-state index contributed by atoms with van der Waals surface area (Å²) in [6.07, 6.45) is 31.4. The maximum Gasteiger partial charge on any atom is 0.127 e. The summed E-state index contributed by atoms with van der Waals surface area (Å²) in [5.41, 5.74) is 9.85. The lowest BCUT2D eigenvalue weighted by Crippen LogP contribution is -2.03. The highest BCUT2D eigenvalue weighted by Crippen LogP contribution is 2.33. The fraction of sp³-hybridized carbons (Fsp3) is 0.286. The van der Waals surface area contributed by atoms with E-state index >= 15 is 0 Å². The van der Waals surface area contributed by atoms with Gasteiger partial charge < -0.3 is 9.47 Å². The van der Waals surface area contributed by atoms with Crippen molar-refractivity contribution in [3.05, 3.63) is 165 Å². The van der Waals surface area contributed by atoms with Gasteiger partial charge in [0.05, 0.1) is 36.5 Å². The van der Waals surface area contributed by atoms with Gasteiger partial charge >= 0.3 is 0 Å². The van der Waals surface area contributed by atoms with Gasteiger partial charge in [-0.1, -0.05) is 199 Å². The molecule has 0 aromatic heterocycles. The quantitative estimate of drug-likeness (QED) is 0.0461. The minimum Gasteiger partial charge on any atom is -0.493 e. The summed E-state index contributed by atoms with van der Waals surface area (Å²) in [7, 11) is 0. The Hall–Kier alpha value is -6.36. The smallest absolute Gasteiger partial charge is 0.127 e. The summed E-state index contributed by atoms with van der Waals surface area (Å²) in [4.78, 5) is 0. The molecule has 5 aromatic carbocycles. The normalized spacial score (nSPS) is 11.5. The molecule has 0 bridgehead atoms. The fourth-order valence-corrected chi connectivity index (χ4v) is 6.76. The Balaban J connectivity index is 1.36. The van der Waals surface area contributed by atoms with Crippen molar-refractivity contribution in [1.82, 2.24) is 0 Å². The molecule has 0 aliphatic carbocycles. The zero-order chi connectivity index (χ0) is 42.0. The van der Waals surface area contributed by atoms with Crippen molar-refractivity contribution in [2.75, 3.05) is 13.2 Å². The summed E-state index contributed by atoms with van der Waals surface area (Å²) in [6, 6.07) is 40.9. The van der Waals surface area contributed by atoms with E-state index in [1.54, 1.807) is 0 Å². The van der Waals surface area contributed by atoms with Gasteiger partial charge in [0.25, 0.3) is 0 Å². The van der Waals surface area contributed by atoms with E-state index in [1.807, 2.05) is 48.5 Å². The van der Waals surface area contributed by atoms with Crippen molar-refractivity contribution in [2.45, 2.75) is 90.9 Å². The van der Waals surface area contributed by atoms with Crippen LogP contribution in [0.3, 0.4) is 0 Å². The van der Waals surface area contributed by atoms with Crippen molar-refractivity contribution in [3.63, 3.8) is 0 Å². The lowest BCUT2D eigenvalue weighted by atomic mass is 10.0. The number of unbranched alkanes of at least 4 members (excludes halogenated alkanes) is 10. The predicted octanol–water partition coefficient (Wildman–Crippen LogP) is 15.6. The Bertz CT molecular complexity index is 2070. The van der Waals surface area contributed by atoms with Crippen LogP contribution in [0.4, 0.5) is 0 Å². The van der Waals surface area contributed by atoms with Crippen LogP contribution in [0.15, 0.2) is 109 Å². The molecule has 0 unspecified atom stereocenters. The highest BCUT2D eigenvalue weighted by molar-refractivity contribution is 5.80. The lowest BCUT2D eigenvalue weighted by molar-refractivity contribution is 0.295. The predicted molar refractivity (Wildman–Crippen MR) is 255 cm³/mol. The van der Waals surface area contributed by atoms with E-state index in [9.17, 15) is 0 Å². The monoisotopic (exact) mass is 792 g/mol. The van der Waals surface area contributed by atoms with Gasteiger partial charge in [-0.2, -0.15) is 10.5 Å². The Kier molecular flexibility index (Phi) is 19.3. The van der Waals surface area contributed by atoms with Gasteiger partial charge in [0, 0.05) is 11.1 Å². The summed E-state index contributed by atoms with van der Waals surface area (Å²) >= 11 is 0. The number of hydrogen-bond donors (Lipinski definition) is 0. The minimum atomic E-state index is 0.662. The molecule has 0 aliphatic rings. The van der Waals surface area contributed by atoms with Gasteiger partial charge in [0.2, 0.25) is 0 Å². The van der Waals surface area contributed by atoms with Gasteiger partial charge in [-0.15, -0.1) is 0 Å². The van der Waals surface area contributed by atoms with Crippen molar-refractivity contribution in [3.8, 4) is 23.6 Å². The van der Waals surface area contributed by atoms with E-state index < -0.39 is 0 Å². The number of ether oxygens (including phenoxy) is 2. The van der Waals surface area contributed by atoms with E-state index in [4.69, 9.17) is 20.0 Å². The van der Waals surface area contributed by atoms with Crippen molar-refractivity contribution < 1.29 is 9.47 Å². The van der Waals surface area contributed by atoms with E-state index in [1.165, 1.54) is 64.2 Å². The molecule has 0 heterocycles. The average molecular weight is 793 g/mol. The van der Waals surface area contributed by atoms with E-state index in [0.29, 0.717) is 24.3 Å². The van der Waals surface area contributed by atoms with Crippen LogP contribution in [0, 0.1) is 22.7 Å². The van der Waals surface area contributed by atoms with E-state index in [-0.39, 0.29) is 0 Å². The molecule has 0 spiro atoms. The maximum absolute atomic E-state index is 9.09. The zero-order valence-electron chi connectivity index (χ0n) is 35.6. The summed E-state index contributed by atoms with van der Waals surface area (Å²) < 4.78 is 13.1. The van der Waals surface area contributed by atoms with Gasteiger partial charge in [0.1, 0.15) is 11.5 Å². The summed E-state index contributed by atoms with van der Waals surface area (Å²) in [5.74, 6) is 1.72. The van der Waals surface area contributed by atoms with Gasteiger partial charge in [-0.25, -0.2) is 0 Å². The Labute approximate surface area is 359 Å². The third-order valence-corrected chi connectivity index (χ3v) is 10.5. The molecule has 0 saturated carbocycles. The summed E-state index contributed by atoms with van der Waals surface area (Å²) in [5, 5.41) is 18.2. The minimum absolute atomic E-state index is 0.662. The van der Waals surface area contributed by atoms with Crippen LogP contribution in [0.25, 0.3) is 48.6 Å². The average Bonchev–Trinajstić information content (AvgIpc) is 3.29. The molecule has 0 radical (unpaired) electrons. The second-order valence-corrected chi connectivity index (χ2v) is 15.3. The highest BCUT2D eigenvalue weighted by Gasteiger charge is 2.11. The largest absolute Gasteiger partial charge is 0.493 e.